The monoisotopic (exact) mass is 313 g/mol. The van der Waals surface area contributed by atoms with Crippen LogP contribution < -0.4 is 0 Å². The predicted molar refractivity (Wildman–Crippen MR) is 96.9 cm³/mol. The number of nitrogens with zero attached hydrogens (tertiary/aromatic N) is 1. The van der Waals surface area contributed by atoms with Crippen molar-refractivity contribution in [3.8, 4) is 0 Å². The molecular formula is C18H40AlNO. The molecular weight excluding hydrogens is 273 g/mol. The molecule has 3 heteroatoms. The molecule has 21 heavy (non-hydrogen) atoms. The Labute approximate surface area is 139 Å². The fourth-order valence-corrected chi connectivity index (χ4v) is 6.52. The summed E-state index contributed by atoms with van der Waals surface area (Å²) >= 11 is -1.12. The van der Waals surface area contributed by atoms with Gasteiger partial charge in [-0.1, -0.05) is 63.4 Å². The molecule has 0 aliphatic heterocycles. The third-order valence-corrected chi connectivity index (χ3v) is 7.52. The van der Waals surface area contributed by atoms with Crippen molar-refractivity contribution in [2.45, 2.75) is 104 Å². The highest BCUT2D eigenvalue weighted by molar-refractivity contribution is 6.52. The van der Waals surface area contributed by atoms with E-state index >= 15 is 0 Å². The molecule has 0 fully saturated rings. The first-order chi connectivity index (χ1) is 9.68. The molecule has 2 nitrogen and oxygen atoms in total. The Morgan fingerprint density at radius 3 is 1.52 bits per heavy atom. The second-order valence-electron chi connectivity index (χ2n) is 7.90. The van der Waals surface area contributed by atoms with E-state index in [4.69, 9.17) is 3.79 Å². The van der Waals surface area contributed by atoms with Crippen molar-refractivity contribution in [3.05, 3.63) is 0 Å². The second-order valence-corrected chi connectivity index (χ2v) is 10.4. The van der Waals surface area contributed by atoms with Gasteiger partial charge >= 0.3 is 14.5 Å². The SMILES string of the molecule is CCCC([O][Al]([CH2]C(C)C)[CH2]C(C)C)N(C(C)C)C(C)C. The van der Waals surface area contributed by atoms with Gasteiger partial charge in [0.25, 0.3) is 0 Å². The quantitative estimate of drug-likeness (QED) is 0.366. The van der Waals surface area contributed by atoms with E-state index < -0.39 is 14.5 Å². The summed E-state index contributed by atoms with van der Waals surface area (Å²) < 4.78 is 6.76. The van der Waals surface area contributed by atoms with Gasteiger partial charge in [-0.2, -0.15) is 0 Å². The summed E-state index contributed by atoms with van der Waals surface area (Å²) in [5, 5.41) is 2.62. The molecule has 0 aliphatic carbocycles. The fraction of sp³-hybridized carbons (Fsp3) is 1.00. The minimum absolute atomic E-state index is 0.323. The van der Waals surface area contributed by atoms with Crippen molar-refractivity contribution in [1.29, 1.82) is 0 Å². The lowest BCUT2D eigenvalue weighted by molar-refractivity contribution is -0.0273. The first-order valence-electron chi connectivity index (χ1n) is 9.11. The van der Waals surface area contributed by atoms with E-state index in [2.05, 4.69) is 67.2 Å². The predicted octanol–water partition coefficient (Wildman–Crippen LogP) is 5.55. The summed E-state index contributed by atoms with van der Waals surface area (Å²) in [5.74, 6) is 1.52. The highest BCUT2D eigenvalue weighted by atomic mass is 27.2. The van der Waals surface area contributed by atoms with Crippen LogP contribution in [0.2, 0.25) is 10.6 Å². The molecule has 0 bridgehead atoms. The molecule has 0 spiro atoms. The molecule has 0 radical (unpaired) electrons. The molecule has 0 aromatic heterocycles. The van der Waals surface area contributed by atoms with E-state index in [1.54, 1.807) is 0 Å². The minimum Gasteiger partial charge on any atom is -0.487 e. The van der Waals surface area contributed by atoms with Crippen molar-refractivity contribution in [2.75, 3.05) is 0 Å². The average Bonchev–Trinajstić information content (AvgIpc) is 2.25. The van der Waals surface area contributed by atoms with E-state index in [1.807, 2.05) is 0 Å². The summed E-state index contributed by atoms with van der Waals surface area (Å²) in [6.45, 7) is 20.8. The summed E-state index contributed by atoms with van der Waals surface area (Å²) in [4.78, 5) is 2.57. The summed E-state index contributed by atoms with van der Waals surface area (Å²) in [6, 6.07) is 1.10. The van der Waals surface area contributed by atoms with Crippen molar-refractivity contribution >= 4 is 14.5 Å². The zero-order valence-electron chi connectivity index (χ0n) is 16.1. The number of rotatable bonds is 11. The fourth-order valence-electron chi connectivity index (χ4n) is 3.28. The maximum atomic E-state index is 6.76. The molecule has 0 saturated carbocycles. The normalized spacial score (nSPS) is 14.0. The molecule has 0 aliphatic rings. The summed E-state index contributed by atoms with van der Waals surface area (Å²) in [5.41, 5.74) is 0. The Hall–Kier alpha value is 0.452. The van der Waals surface area contributed by atoms with Crippen LogP contribution >= 0.6 is 0 Å². The van der Waals surface area contributed by atoms with Gasteiger partial charge < -0.3 is 3.79 Å². The van der Waals surface area contributed by atoms with Crippen LogP contribution in [-0.4, -0.2) is 37.7 Å². The average molecular weight is 314 g/mol. The molecule has 0 heterocycles. The van der Waals surface area contributed by atoms with Gasteiger partial charge in [0.15, 0.2) is 0 Å². The Morgan fingerprint density at radius 2 is 1.24 bits per heavy atom. The Kier molecular flexibility index (Phi) is 11.3. The minimum atomic E-state index is -1.12. The van der Waals surface area contributed by atoms with Crippen molar-refractivity contribution in [3.63, 3.8) is 0 Å². The van der Waals surface area contributed by atoms with Crippen molar-refractivity contribution < 1.29 is 3.79 Å². The molecule has 126 valence electrons. The van der Waals surface area contributed by atoms with Crippen LogP contribution in [0.25, 0.3) is 0 Å². The molecule has 1 unspecified atom stereocenters. The van der Waals surface area contributed by atoms with Gasteiger partial charge in [-0.25, -0.2) is 0 Å². The number of hydrogen-bond donors (Lipinski definition) is 0. The van der Waals surface area contributed by atoms with Crippen molar-refractivity contribution in [2.24, 2.45) is 11.8 Å². The third-order valence-electron chi connectivity index (χ3n) is 3.88. The highest BCUT2D eigenvalue weighted by Gasteiger charge is 2.31. The summed E-state index contributed by atoms with van der Waals surface area (Å²) in [7, 11) is 0. The van der Waals surface area contributed by atoms with Crippen LogP contribution in [0.3, 0.4) is 0 Å². The lowest BCUT2D eigenvalue weighted by Crippen LogP contribution is -2.48. The van der Waals surface area contributed by atoms with E-state index in [0.29, 0.717) is 18.3 Å². The summed E-state index contributed by atoms with van der Waals surface area (Å²) in [6.07, 6.45) is 2.69. The van der Waals surface area contributed by atoms with Crippen LogP contribution in [0.15, 0.2) is 0 Å². The first kappa shape index (κ1) is 21.5. The Morgan fingerprint density at radius 1 is 0.810 bits per heavy atom. The van der Waals surface area contributed by atoms with Crippen LogP contribution in [0.5, 0.6) is 0 Å². The zero-order chi connectivity index (χ0) is 16.6. The second kappa shape index (κ2) is 11.1. The molecule has 0 aromatic carbocycles. The largest absolute Gasteiger partial charge is 0.487 e. The number of hydrogen-bond acceptors (Lipinski definition) is 2. The van der Waals surface area contributed by atoms with Gasteiger partial charge in [0.05, 0.1) is 6.23 Å². The van der Waals surface area contributed by atoms with Crippen LogP contribution in [-0.2, 0) is 3.79 Å². The van der Waals surface area contributed by atoms with E-state index in [9.17, 15) is 0 Å². The van der Waals surface area contributed by atoms with Gasteiger partial charge in [-0.05, 0) is 34.1 Å². The molecule has 0 aromatic rings. The Balaban J connectivity index is 4.96. The van der Waals surface area contributed by atoms with Gasteiger partial charge in [0.2, 0.25) is 0 Å². The molecule has 0 rings (SSSR count). The van der Waals surface area contributed by atoms with E-state index in [-0.39, 0.29) is 0 Å². The van der Waals surface area contributed by atoms with Crippen LogP contribution in [0, 0.1) is 11.8 Å². The lowest BCUT2D eigenvalue weighted by atomic mass is 10.2. The van der Waals surface area contributed by atoms with Gasteiger partial charge in [-0.3, -0.25) is 4.90 Å². The molecule has 0 amide bonds. The standard InChI is InChI=1S/C10H22NO.2C4H9.Al/c1-6-7-10(12)11(8(2)3)9(4)5;2*1-4(2)3;/h8-10H,6-7H2,1-5H3;2*4H,1H2,2-3H3;/q-1;;;+1. The topological polar surface area (TPSA) is 12.5 Å². The van der Waals surface area contributed by atoms with E-state index in [1.165, 1.54) is 17.0 Å². The highest BCUT2D eigenvalue weighted by Crippen LogP contribution is 2.22. The molecule has 1 atom stereocenters. The maximum absolute atomic E-state index is 6.76. The molecule has 0 N–H and O–H groups in total. The van der Waals surface area contributed by atoms with Gasteiger partial charge in [0.1, 0.15) is 0 Å². The van der Waals surface area contributed by atoms with Gasteiger partial charge in [0, 0.05) is 12.1 Å². The third kappa shape index (κ3) is 9.24. The maximum Gasteiger partial charge on any atom is 0.462 e. The lowest BCUT2D eigenvalue weighted by Gasteiger charge is -2.40. The van der Waals surface area contributed by atoms with E-state index in [0.717, 1.165) is 18.3 Å². The van der Waals surface area contributed by atoms with Gasteiger partial charge in [-0.15, -0.1) is 0 Å². The van der Waals surface area contributed by atoms with Crippen molar-refractivity contribution in [1.82, 2.24) is 4.90 Å². The smallest absolute Gasteiger partial charge is 0.462 e. The van der Waals surface area contributed by atoms with Crippen LogP contribution in [0.4, 0.5) is 0 Å². The zero-order valence-corrected chi connectivity index (χ0v) is 17.3. The van der Waals surface area contributed by atoms with Crippen LogP contribution in [0.1, 0.15) is 75.2 Å². The first-order valence-corrected chi connectivity index (χ1v) is 11.2. The molecule has 0 saturated heterocycles. The Bertz CT molecular complexity index is 236.